The van der Waals surface area contributed by atoms with E-state index in [-0.39, 0.29) is 6.10 Å². The van der Waals surface area contributed by atoms with Crippen molar-refractivity contribution in [1.82, 2.24) is 9.78 Å². The lowest BCUT2D eigenvalue weighted by Crippen LogP contribution is -2.14. The molecule has 1 aromatic rings. The van der Waals surface area contributed by atoms with Crippen LogP contribution < -0.4 is 0 Å². The fourth-order valence-electron chi connectivity index (χ4n) is 3.04. The maximum Gasteiger partial charge on any atom is 0.0625 e. The van der Waals surface area contributed by atoms with Crippen LogP contribution in [0.2, 0.25) is 0 Å². The van der Waals surface area contributed by atoms with E-state index in [1.807, 2.05) is 0 Å². The summed E-state index contributed by atoms with van der Waals surface area (Å²) in [5.41, 5.74) is 1.13. The molecule has 1 aromatic heterocycles. The third-order valence-corrected chi connectivity index (χ3v) is 4.09. The summed E-state index contributed by atoms with van der Waals surface area (Å²) in [5, 5.41) is 14.6. The van der Waals surface area contributed by atoms with Crippen molar-refractivity contribution in [2.45, 2.75) is 77.4 Å². The topological polar surface area (TPSA) is 38.0 Å². The Balaban J connectivity index is 1.80. The molecule has 1 unspecified atom stereocenters. The Morgan fingerprint density at radius 1 is 1.32 bits per heavy atom. The highest BCUT2D eigenvalue weighted by Crippen LogP contribution is 2.27. The maximum atomic E-state index is 9.90. The van der Waals surface area contributed by atoms with Crippen LogP contribution in [0.3, 0.4) is 0 Å². The smallest absolute Gasteiger partial charge is 0.0625 e. The summed E-state index contributed by atoms with van der Waals surface area (Å²) >= 11 is 0. The Morgan fingerprint density at radius 3 is 2.74 bits per heavy atom. The molecular weight excluding hydrogens is 236 g/mol. The third kappa shape index (κ3) is 4.64. The van der Waals surface area contributed by atoms with Gasteiger partial charge in [0.1, 0.15) is 0 Å². The number of aromatic nitrogens is 2. The third-order valence-electron chi connectivity index (χ3n) is 4.09. The maximum absolute atomic E-state index is 9.90. The molecule has 3 nitrogen and oxygen atoms in total. The standard InChI is InChI=1S/C16H28N2O/c1-13(2)12-16(19)9-8-14-10-11-18(17-14)15-6-4-3-5-7-15/h10-11,13,15-16,19H,3-9,12H2,1-2H3. The van der Waals surface area contributed by atoms with Gasteiger partial charge in [0.05, 0.1) is 17.8 Å². The average Bonchev–Trinajstić information content (AvgIpc) is 2.85. The van der Waals surface area contributed by atoms with Crippen LogP contribution >= 0.6 is 0 Å². The van der Waals surface area contributed by atoms with Crippen LogP contribution in [0.1, 0.15) is 70.5 Å². The summed E-state index contributed by atoms with van der Waals surface area (Å²) < 4.78 is 2.16. The summed E-state index contributed by atoms with van der Waals surface area (Å²) in [5.74, 6) is 0.565. The second-order valence-corrected chi connectivity index (χ2v) is 6.40. The molecule has 0 bridgehead atoms. The molecule has 3 heteroatoms. The normalized spacial score (nSPS) is 18.9. The molecule has 108 valence electrons. The van der Waals surface area contributed by atoms with Crippen LogP contribution in [0.15, 0.2) is 12.3 Å². The number of aliphatic hydroxyl groups excluding tert-OH is 1. The molecule has 2 rings (SSSR count). The number of hydrogen-bond acceptors (Lipinski definition) is 2. The molecule has 19 heavy (non-hydrogen) atoms. The molecule has 0 amide bonds. The zero-order valence-corrected chi connectivity index (χ0v) is 12.4. The van der Waals surface area contributed by atoms with E-state index >= 15 is 0 Å². The van der Waals surface area contributed by atoms with Crippen molar-refractivity contribution in [2.24, 2.45) is 5.92 Å². The zero-order chi connectivity index (χ0) is 13.7. The predicted octanol–water partition coefficient (Wildman–Crippen LogP) is 3.73. The summed E-state index contributed by atoms with van der Waals surface area (Å²) in [6, 6.07) is 2.74. The van der Waals surface area contributed by atoms with Gasteiger partial charge in [-0.1, -0.05) is 33.1 Å². The molecule has 0 spiro atoms. The van der Waals surface area contributed by atoms with Crippen LogP contribution in [0.5, 0.6) is 0 Å². The molecule has 0 radical (unpaired) electrons. The monoisotopic (exact) mass is 264 g/mol. The van der Waals surface area contributed by atoms with Crippen molar-refractivity contribution in [3.05, 3.63) is 18.0 Å². The van der Waals surface area contributed by atoms with Crippen molar-refractivity contribution in [3.8, 4) is 0 Å². The lowest BCUT2D eigenvalue weighted by Gasteiger charge is -2.21. The number of nitrogens with zero attached hydrogens (tertiary/aromatic N) is 2. The number of aliphatic hydroxyl groups is 1. The Bertz CT molecular complexity index is 367. The van der Waals surface area contributed by atoms with Crippen LogP contribution in [0, 0.1) is 5.92 Å². The molecule has 1 saturated carbocycles. The van der Waals surface area contributed by atoms with E-state index in [4.69, 9.17) is 5.10 Å². The Hall–Kier alpha value is -0.830. The van der Waals surface area contributed by atoms with E-state index in [9.17, 15) is 5.11 Å². The Kier molecular flexibility index (Phi) is 5.44. The van der Waals surface area contributed by atoms with Gasteiger partial charge in [-0.25, -0.2) is 0 Å². The first-order chi connectivity index (χ1) is 9.15. The van der Waals surface area contributed by atoms with Gasteiger partial charge in [-0.3, -0.25) is 4.68 Å². The van der Waals surface area contributed by atoms with Gasteiger partial charge in [-0.05, 0) is 44.1 Å². The Morgan fingerprint density at radius 2 is 2.05 bits per heavy atom. The molecule has 1 aliphatic rings. The van der Waals surface area contributed by atoms with Gasteiger partial charge in [0.15, 0.2) is 0 Å². The van der Waals surface area contributed by atoms with Crippen molar-refractivity contribution in [3.63, 3.8) is 0 Å². The van der Waals surface area contributed by atoms with Gasteiger partial charge in [-0.15, -0.1) is 0 Å². The summed E-state index contributed by atoms with van der Waals surface area (Å²) in [4.78, 5) is 0. The van der Waals surface area contributed by atoms with Crippen LogP contribution in [0.4, 0.5) is 0 Å². The highest BCUT2D eigenvalue weighted by atomic mass is 16.3. The second kappa shape index (κ2) is 7.09. The van der Waals surface area contributed by atoms with E-state index in [0.717, 1.165) is 25.0 Å². The van der Waals surface area contributed by atoms with Gasteiger partial charge in [-0.2, -0.15) is 5.10 Å². The van der Waals surface area contributed by atoms with Gasteiger partial charge in [0.25, 0.3) is 0 Å². The highest BCUT2D eigenvalue weighted by Gasteiger charge is 2.16. The van der Waals surface area contributed by atoms with Crippen molar-refractivity contribution < 1.29 is 5.11 Å². The molecule has 1 fully saturated rings. The van der Waals surface area contributed by atoms with Crippen molar-refractivity contribution >= 4 is 0 Å². The minimum atomic E-state index is -0.181. The first-order valence-electron chi connectivity index (χ1n) is 7.87. The summed E-state index contributed by atoms with van der Waals surface area (Å²) in [6.07, 6.45) is 11.2. The van der Waals surface area contributed by atoms with Gasteiger partial charge >= 0.3 is 0 Å². The van der Waals surface area contributed by atoms with Crippen molar-refractivity contribution in [2.75, 3.05) is 0 Å². The molecule has 0 saturated heterocycles. The number of rotatable bonds is 6. The lowest BCUT2D eigenvalue weighted by molar-refractivity contribution is 0.139. The van der Waals surface area contributed by atoms with E-state index in [1.54, 1.807) is 0 Å². The quantitative estimate of drug-likeness (QED) is 0.850. The first kappa shape index (κ1) is 14.6. The van der Waals surface area contributed by atoms with Crippen LogP contribution in [-0.4, -0.2) is 21.0 Å². The molecule has 0 aliphatic heterocycles. The largest absolute Gasteiger partial charge is 0.393 e. The summed E-state index contributed by atoms with van der Waals surface area (Å²) in [7, 11) is 0. The van der Waals surface area contributed by atoms with E-state index in [0.29, 0.717) is 12.0 Å². The minimum absolute atomic E-state index is 0.181. The summed E-state index contributed by atoms with van der Waals surface area (Å²) in [6.45, 7) is 4.31. The molecule has 0 aromatic carbocycles. The lowest BCUT2D eigenvalue weighted by atomic mass is 9.96. The van der Waals surface area contributed by atoms with Crippen molar-refractivity contribution in [1.29, 1.82) is 0 Å². The SMILES string of the molecule is CC(C)CC(O)CCc1ccn(C2CCCCC2)n1. The molecule has 1 aliphatic carbocycles. The van der Waals surface area contributed by atoms with Crippen LogP contribution in [0.25, 0.3) is 0 Å². The van der Waals surface area contributed by atoms with E-state index in [2.05, 4.69) is 30.8 Å². The zero-order valence-electron chi connectivity index (χ0n) is 12.4. The number of hydrogen-bond donors (Lipinski definition) is 1. The van der Waals surface area contributed by atoms with Gasteiger partial charge < -0.3 is 5.11 Å². The van der Waals surface area contributed by atoms with Crippen LogP contribution in [-0.2, 0) is 6.42 Å². The fraction of sp³-hybridized carbons (Fsp3) is 0.812. The highest BCUT2D eigenvalue weighted by molar-refractivity contribution is 5.00. The fourth-order valence-corrected chi connectivity index (χ4v) is 3.04. The molecular formula is C16H28N2O. The first-order valence-corrected chi connectivity index (χ1v) is 7.87. The predicted molar refractivity (Wildman–Crippen MR) is 78.1 cm³/mol. The van der Waals surface area contributed by atoms with E-state index in [1.165, 1.54) is 32.1 Å². The molecule has 1 N–H and O–H groups in total. The Labute approximate surface area is 117 Å². The average molecular weight is 264 g/mol. The molecule has 1 heterocycles. The second-order valence-electron chi connectivity index (χ2n) is 6.40. The van der Waals surface area contributed by atoms with Gasteiger partial charge in [0, 0.05) is 6.20 Å². The van der Waals surface area contributed by atoms with E-state index < -0.39 is 0 Å². The van der Waals surface area contributed by atoms with Gasteiger partial charge in [0.2, 0.25) is 0 Å². The number of aryl methyl sites for hydroxylation is 1. The minimum Gasteiger partial charge on any atom is -0.393 e. The molecule has 1 atom stereocenters.